The van der Waals surface area contributed by atoms with E-state index in [0.29, 0.717) is 11.3 Å². The number of fused-ring (bicyclic) bond motifs is 1. The number of nitrogens with zero attached hydrogens (tertiary/aromatic N) is 3. The average Bonchev–Trinajstić information content (AvgIpc) is 2.79. The lowest BCUT2D eigenvalue weighted by Gasteiger charge is -2.14. The molecule has 0 saturated carbocycles. The molecule has 0 bridgehead atoms. The minimum absolute atomic E-state index is 0.0862. The lowest BCUT2D eigenvalue weighted by atomic mass is 10.2. The van der Waals surface area contributed by atoms with Gasteiger partial charge < -0.3 is 14.0 Å². The number of ether oxygens (including phenoxy) is 1. The van der Waals surface area contributed by atoms with Crippen LogP contribution in [0, 0.1) is 6.92 Å². The Morgan fingerprint density at radius 2 is 2.00 bits per heavy atom. The molecule has 0 aliphatic rings. The van der Waals surface area contributed by atoms with Crippen molar-refractivity contribution in [1.29, 1.82) is 0 Å². The lowest BCUT2D eigenvalue weighted by molar-refractivity contribution is 0.0824. The van der Waals surface area contributed by atoms with E-state index in [4.69, 9.17) is 4.74 Å². The van der Waals surface area contributed by atoms with Gasteiger partial charge in [-0.2, -0.15) is 0 Å². The first-order chi connectivity index (χ1) is 9.04. The van der Waals surface area contributed by atoms with Crippen molar-refractivity contribution in [2.75, 3.05) is 21.2 Å². The van der Waals surface area contributed by atoms with Gasteiger partial charge in [-0.05, 0) is 6.92 Å². The summed E-state index contributed by atoms with van der Waals surface area (Å²) in [6.45, 7) is 5.94. The minimum atomic E-state index is -0.0862. The molecule has 19 heavy (non-hydrogen) atoms. The van der Waals surface area contributed by atoms with Gasteiger partial charge in [0.25, 0.3) is 5.91 Å². The van der Waals surface area contributed by atoms with Gasteiger partial charge in [0, 0.05) is 38.2 Å². The van der Waals surface area contributed by atoms with Crippen molar-refractivity contribution in [2.24, 2.45) is 0 Å². The zero-order valence-electron chi connectivity index (χ0n) is 12.4. The Kier molecular flexibility index (Phi) is 4.92. The predicted octanol–water partition coefficient (Wildman–Crippen LogP) is 2.38. The average molecular weight is 263 g/mol. The molecular formula is C14H21N3O2. The van der Waals surface area contributed by atoms with Crippen LogP contribution in [-0.4, -0.2) is 41.4 Å². The highest BCUT2D eigenvalue weighted by atomic mass is 16.5. The van der Waals surface area contributed by atoms with E-state index < -0.39 is 0 Å². The van der Waals surface area contributed by atoms with Crippen molar-refractivity contribution < 1.29 is 9.53 Å². The van der Waals surface area contributed by atoms with E-state index >= 15 is 0 Å². The van der Waals surface area contributed by atoms with Crippen LogP contribution in [-0.2, 0) is 0 Å². The normalized spacial score (nSPS) is 9.79. The molecule has 0 aliphatic carbocycles. The predicted molar refractivity (Wildman–Crippen MR) is 75.8 cm³/mol. The van der Waals surface area contributed by atoms with E-state index in [1.165, 1.54) is 4.90 Å². The standard InChI is InChI=1S/C12H15N3O2.C2H6/c1-8-6-13-11-5-10(17-4)9(7-15(8)11)12(16)14(2)3;1-2/h5-7H,1-4H3;1-2H3. The van der Waals surface area contributed by atoms with Crippen molar-refractivity contribution in [3.63, 3.8) is 0 Å². The van der Waals surface area contributed by atoms with Gasteiger partial charge in [-0.15, -0.1) is 0 Å². The molecule has 0 unspecified atom stereocenters. The van der Waals surface area contributed by atoms with Crippen molar-refractivity contribution in [3.8, 4) is 5.75 Å². The summed E-state index contributed by atoms with van der Waals surface area (Å²) >= 11 is 0. The van der Waals surface area contributed by atoms with Crippen LogP contribution >= 0.6 is 0 Å². The van der Waals surface area contributed by atoms with Gasteiger partial charge in [-0.25, -0.2) is 4.98 Å². The Labute approximate surface area is 113 Å². The van der Waals surface area contributed by atoms with E-state index in [2.05, 4.69) is 4.98 Å². The Bertz CT molecular complexity index is 573. The molecule has 0 N–H and O–H groups in total. The van der Waals surface area contributed by atoms with Crippen molar-refractivity contribution in [1.82, 2.24) is 14.3 Å². The molecule has 0 saturated heterocycles. The summed E-state index contributed by atoms with van der Waals surface area (Å²) in [7, 11) is 4.98. The number of hydrogen-bond acceptors (Lipinski definition) is 3. The van der Waals surface area contributed by atoms with Crippen LogP contribution in [0.5, 0.6) is 5.75 Å². The third kappa shape index (κ3) is 2.86. The van der Waals surface area contributed by atoms with Crippen molar-refractivity contribution >= 4 is 11.6 Å². The number of pyridine rings is 1. The van der Waals surface area contributed by atoms with E-state index in [0.717, 1.165) is 11.3 Å². The molecule has 0 aromatic carbocycles. The fraction of sp³-hybridized carbons (Fsp3) is 0.429. The summed E-state index contributed by atoms with van der Waals surface area (Å²) in [5.74, 6) is 0.457. The van der Waals surface area contributed by atoms with Crippen LogP contribution < -0.4 is 4.74 Å². The zero-order valence-corrected chi connectivity index (χ0v) is 12.4. The first-order valence-electron chi connectivity index (χ1n) is 6.28. The Balaban J connectivity index is 0.000000861. The molecule has 5 heteroatoms. The van der Waals surface area contributed by atoms with Gasteiger partial charge in [-0.1, -0.05) is 13.8 Å². The molecule has 104 valence electrons. The molecular weight excluding hydrogens is 242 g/mol. The quantitative estimate of drug-likeness (QED) is 0.835. The number of aryl methyl sites for hydroxylation is 1. The second-order valence-corrected chi connectivity index (χ2v) is 4.08. The summed E-state index contributed by atoms with van der Waals surface area (Å²) in [6.07, 6.45) is 3.53. The third-order valence-corrected chi connectivity index (χ3v) is 2.65. The SMILES string of the molecule is CC.COc1cc2ncc(C)n2cc1C(=O)N(C)C. The second kappa shape index (κ2) is 6.22. The maximum atomic E-state index is 12.0. The molecule has 0 aliphatic heterocycles. The molecule has 0 spiro atoms. The minimum Gasteiger partial charge on any atom is -0.496 e. The highest BCUT2D eigenvalue weighted by molar-refractivity contribution is 5.96. The van der Waals surface area contributed by atoms with Gasteiger partial charge in [-0.3, -0.25) is 4.79 Å². The zero-order chi connectivity index (χ0) is 14.6. The summed E-state index contributed by atoms with van der Waals surface area (Å²) in [5.41, 5.74) is 2.29. The summed E-state index contributed by atoms with van der Waals surface area (Å²) in [6, 6.07) is 1.77. The van der Waals surface area contributed by atoms with Crippen LogP contribution in [0.2, 0.25) is 0 Å². The monoisotopic (exact) mass is 263 g/mol. The van der Waals surface area contributed by atoms with Crippen LogP contribution in [0.1, 0.15) is 29.9 Å². The maximum Gasteiger partial charge on any atom is 0.258 e. The fourth-order valence-electron chi connectivity index (χ4n) is 1.70. The van der Waals surface area contributed by atoms with E-state index in [1.54, 1.807) is 39.7 Å². The van der Waals surface area contributed by atoms with E-state index in [9.17, 15) is 4.79 Å². The van der Waals surface area contributed by atoms with Crippen LogP contribution in [0.4, 0.5) is 0 Å². The number of carbonyl (C=O) groups is 1. The molecule has 0 atom stereocenters. The Morgan fingerprint density at radius 3 is 2.53 bits per heavy atom. The molecule has 0 radical (unpaired) electrons. The topological polar surface area (TPSA) is 46.8 Å². The smallest absolute Gasteiger partial charge is 0.258 e. The number of hydrogen-bond donors (Lipinski definition) is 0. The van der Waals surface area contributed by atoms with Gasteiger partial charge in [0.2, 0.25) is 0 Å². The van der Waals surface area contributed by atoms with Gasteiger partial charge in [0.15, 0.2) is 0 Å². The number of aromatic nitrogens is 2. The first-order valence-corrected chi connectivity index (χ1v) is 6.28. The van der Waals surface area contributed by atoms with Crippen molar-refractivity contribution in [3.05, 3.63) is 29.7 Å². The summed E-state index contributed by atoms with van der Waals surface area (Å²) in [5, 5.41) is 0. The molecule has 5 nitrogen and oxygen atoms in total. The number of methoxy groups -OCH3 is 1. The molecule has 2 aromatic heterocycles. The number of amides is 1. The molecule has 2 heterocycles. The highest BCUT2D eigenvalue weighted by Crippen LogP contribution is 2.22. The van der Waals surface area contributed by atoms with E-state index in [1.807, 2.05) is 25.2 Å². The van der Waals surface area contributed by atoms with Crippen LogP contribution in [0.15, 0.2) is 18.5 Å². The third-order valence-electron chi connectivity index (χ3n) is 2.65. The van der Waals surface area contributed by atoms with Crippen LogP contribution in [0.25, 0.3) is 5.65 Å². The van der Waals surface area contributed by atoms with Gasteiger partial charge in [0.05, 0.1) is 12.7 Å². The first kappa shape index (κ1) is 15.0. The largest absolute Gasteiger partial charge is 0.496 e. The second-order valence-electron chi connectivity index (χ2n) is 4.08. The number of rotatable bonds is 2. The molecule has 0 fully saturated rings. The Hall–Kier alpha value is -2.04. The summed E-state index contributed by atoms with van der Waals surface area (Å²) < 4.78 is 7.11. The molecule has 2 rings (SSSR count). The lowest BCUT2D eigenvalue weighted by Crippen LogP contribution is -2.22. The fourth-order valence-corrected chi connectivity index (χ4v) is 1.70. The van der Waals surface area contributed by atoms with Crippen LogP contribution in [0.3, 0.4) is 0 Å². The van der Waals surface area contributed by atoms with Gasteiger partial charge in [0.1, 0.15) is 11.4 Å². The van der Waals surface area contributed by atoms with E-state index in [-0.39, 0.29) is 5.91 Å². The molecule has 2 aromatic rings. The number of carbonyl (C=O) groups excluding carboxylic acids is 1. The Morgan fingerprint density at radius 1 is 1.37 bits per heavy atom. The number of imidazole rings is 1. The molecule has 1 amide bonds. The highest BCUT2D eigenvalue weighted by Gasteiger charge is 2.16. The van der Waals surface area contributed by atoms with Gasteiger partial charge >= 0.3 is 0 Å². The van der Waals surface area contributed by atoms with Crippen molar-refractivity contribution in [2.45, 2.75) is 20.8 Å². The maximum absolute atomic E-state index is 12.0. The summed E-state index contributed by atoms with van der Waals surface area (Å²) in [4.78, 5) is 17.8.